The number of nitrogens with zero attached hydrogens (tertiary/aromatic N) is 4. The standard InChI is InChI=1S/C18H16BrN5OS/c1-2-9-24-17(13-5-4-8-20-11-13)22-23-18(24)26-12-16(25)21-15-7-3-6-14(19)10-15/h2-8,10-11H,1,9,12H2,(H,21,25). The molecule has 0 fully saturated rings. The van der Waals surface area contributed by atoms with Crippen LogP contribution in [0.2, 0.25) is 0 Å². The van der Waals surface area contributed by atoms with Gasteiger partial charge in [-0.25, -0.2) is 0 Å². The van der Waals surface area contributed by atoms with Crippen LogP contribution in [0, 0.1) is 0 Å². The molecule has 3 rings (SSSR count). The van der Waals surface area contributed by atoms with Gasteiger partial charge in [0.15, 0.2) is 11.0 Å². The number of pyridine rings is 1. The van der Waals surface area contributed by atoms with Crippen molar-refractivity contribution in [3.05, 3.63) is 65.9 Å². The molecule has 0 radical (unpaired) electrons. The minimum atomic E-state index is -0.107. The normalized spacial score (nSPS) is 10.5. The smallest absolute Gasteiger partial charge is 0.234 e. The SMILES string of the molecule is C=CCn1c(SCC(=O)Nc2cccc(Br)c2)nnc1-c1cccnc1. The molecule has 0 spiro atoms. The van der Waals surface area contributed by atoms with Crippen molar-refractivity contribution in [1.29, 1.82) is 0 Å². The van der Waals surface area contributed by atoms with E-state index in [4.69, 9.17) is 0 Å². The first-order valence-electron chi connectivity index (χ1n) is 7.80. The van der Waals surface area contributed by atoms with E-state index in [1.165, 1.54) is 11.8 Å². The van der Waals surface area contributed by atoms with E-state index in [1.807, 2.05) is 41.0 Å². The van der Waals surface area contributed by atoms with Crippen LogP contribution in [0.25, 0.3) is 11.4 Å². The fourth-order valence-corrected chi connectivity index (χ4v) is 3.44. The third-order valence-corrected chi connectivity index (χ3v) is 4.85. The van der Waals surface area contributed by atoms with Crippen LogP contribution >= 0.6 is 27.7 Å². The van der Waals surface area contributed by atoms with Gasteiger partial charge in [0.1, 0.15) is 0 Å². The summed E-state index contributed by atoms with van der Waals surface area (Å²) in [5.74, 6) is 0.825. The zero-order chi connectivity index (χ0) is 18.4. The monoisotopic (exact) mass is 429 g/mol. The first-order valence-corrected chi connectivity index (χ1v) is 9.58. The molecule has 0 bridgehead atoms. The molecule has 0 unspecified atom stereocenters. The van der Waals surface area contributed by atoms with Crippen LogP contribution in [0.3, 0.4) is 0 Å². The van der Waals surface area contributed by atoms with E-state index in [1.54, 1.807) is 18.5 Å². The number of nitrogens with one attached hydrogen (secondary N) is 1. The van der Waals surface area contributed by atoms with Crippen LogP contribution < -0.4 is 5.32 Å². The van der Waals surface area contributed by atoms with Crippen molar-refractivity contribution in [2.75, 3.05) is 11.1 Å². The van der Waals surface area contributed by atoms with Crippen LogP contribution in [0.15, 0.2) is 71.1 Å². The number of halogens is 1. The highest BCUT2D eigenvalue weighted by Crippen LogP contribution is 2.24. The van der Waals surface area contributed by atoms with Gasteiger partial charge in [-0.05, 0) is 30.3 Å². The van der Waals surface area contributed by atoms with Gasteiger partial charge in [0.05, 0.1) is 5.75 Å². The minimum Gasteiger partial charge on any atom is -0.325 e. The highest BCUT2D eigenvalue weighted by atomic mass is 79.9. The summed E-state index contributed by atoms with van der Waals surface area (Å²) in [4.78, 5) is 16.3. The third-order valence-electron chi connectivity index (χ3n) is 3.39. The van der Waals surface area contributed by atoms with Gasteiger partial charge in [0, 0.05) is 34.7 Å². The maximum Gasteiger partial charge on any atom is 0.234 e. The number of carbonyl (C=O) groups is 1. The number of amides is 1. The molecule has 2 heterocycles. The Bertz CT molecular complexity index is 913. The molecule has 132 valence electrons. The van der Waals surface area contributed by atoms with Crippen molar-refractivity contribution in [3.63, 3.8) is 0 Å². The fourth-order valence-electron chi connectivity index (χ4n) is 2.29. The van der Waals surface area contributed by atoms with Crippen molar-refractivity contribution >= 4 is 39.3 Å². The van der Waals surface area contributed by atoms with Crippen molar-refractivity contribution in [1.82, 2.24) is 19.7 Å². The molecule has 2 aromatic heterocycles. The molecule has 1 amide bonds. The molecule has 8 heteroatoms. The van der Waals surface area contributed by atoms with Gasteiger partial charge < -0.3 is 5.32 Å². The van der Waals surface area contributed by atoms with Gasteiger partial charge in [-0.1, -0.05) is 39.8 Å². The summed E-state index contributed by atoms with van der Waals surface area (Å²) in [7, 11) is 0. The lowest BCUT2D eigenvalue weighted by Gasteiger charge is -2.08. The molecular formula is C18H16BrN5OS. The molecule has 0 aliphatic carbocycles. The zero-order valence-corrected chi connectivity index (χ0v) is 16.2. The van der Waals surface area contributed by atoms with E-state index in [2.05, 4.69) is 43.0 Å². The molecule has 26 heavy (non-hydrogen) atoms. The predicted octanol–water partition coefficient (Wildman–Crippen LogP) is 4.02. The number of carbonyl (C=O) groups excluding carboxylic acids is 1. The second-order valence-electron chi connectivity index (χ2n) is 5.29. The summed E-state index contributed by atoms with van der Waals surface area (Å²) in [6.07, 6.45) is 5.21. The number of allylic oxidation sites excluding steroid dienone is 1. The average Bonchev–Trinajstić information content (AvgIpc) is 3.04. The van der Waals surface area contributed by atoms with Crippen molar-refractivity contribution < 1.29 is 4.79 Å². The van der Waals surface area contributed by atoms with E-state index in [0.717, 1.165) is 15.7 Å². The maximum atomic E-state index is 12.2. The highest BCUT2D eigenvalue weighted by molar-refractivity contribution is 9.10. The molecule has 3 aromatic rings. The molecule has 0 saturated heterocycles. The molecule has 1 N–H and O–H groups in total. The summed E-state index contributed by atoms with van der Waals surface area (Å²) in [6, 6.07) is 11.2. The Morgan fingerprint density at radius 3 is 2.92 bits per heavy atom. The second-order valence-corrected chi connectivity index (χ2v) is 7.15. The molecule has 0 aliphatic heterocycles. The Kier molecular flexibility index (Phi) is 6.19. The topological polar surface area (TPSA) is 72.7 Å². The molecule has 0 saturated carbocycles. The van der Waals surface area contributed by atoms with Gasteiger partial charge in [-0.15, -0.1) is 16.8 Å². The van der Waals surface area contributed by atoms with Crippen molar-refractivity contribution in [3.8, 4) is 11.4 Å². The summed E-state index contributed by atoms with van der Waals surface area (Å²) in [6.45, 7) is 4.33. The summed E-state index contributed by atoms with van der Waals surface area (Å²) >= 11 is 4.72. The number of hydrogen-bond acceptors (Lipinski definition) is 5. The Hall–Kier alpha value is -2.45. The molecule has 0 aliphatic rings. The number of thioether (sulfide) groups is 1. The van der Waals surface area contributed by atoms with Crippen molar-refractivity contribution in [2.45, 2.75) is 11.7 Å². The highest BCUT2D eigenvalue weighted by Gasteiger charge is 2.15. The average molecular weight is 430 g/mol. The first-order chi connectivity index (χ1) is 12.7. The second kappa shape index (κ2) is 8.77. The van der Waals surface area contributed by atoms with Crippen LogP contribution in [0.1, 0.15) is 0 Å². The van der Waals surface area contributed by atoms with Crippen LogP contribution in [0.4, 0.5) is 5.69 Å². The summed E-state index contributed by atoms with van der Waals surface area (Å²) in [5, 5.41) is 12.0. The van der Waals surface area contributed by atoms with Gasteiger partial charge in [-0.2, -0.15) is 0 Å². The van der Waals surface area contributed by atoms with Gasteiger partial charge >= 0.3 is 0 Å². The number of anilines is 1. The van der Waals surface area contributed by atoms with E-state index in [9.17, 15) is 4.79 Å². The van der Waals surface area contributed by atoms with Gasteiger partial charge in [-0.3, -0.25) is 14.3 Å². The Morgan fingerprint density at radius 2 is 2.19 bits per heavy atom. The molecular weight excluding hydrogens is 414 g/mol. The zero-order valence-electron chi connectivity index (χ0n) is 13.8. The van der Waals surface area contributed by atoms with Gasteiger partial charge in [0.25, 0.3) is 0 Å². The predicted molar refractivity (Wildman–Crippen MR) is 107 cm³/mol. The first kappa shape index (κ1) is 18.3. The van der Waals surface area contributed by atoms with Gasteiger partial charge in [0.2, 0.25) is 5.91 Å². The number of aromatic nitrogens is 4. The van der Waals surface area contributed by atoms with E-state index in [-0.39, 0.29) is 11.7 Å². The number of rotatable bonds is 7. The molecule has 6 nitrogen and oxygen atoms in total. The third kappa shape index (κ3) is 4.59. The molecule has 0 atom stereocenters. The summed E-state index contributed by atoms with van der Waals surface area (Å²) < 4.78 is 2.83. The lowest BCUT2D eigenvalue weighted by Crippen LogP contribution is -2.14. The van der Waals surface area contributed by atoms with E-state index < -0.39 is 0 Å². The number of benzene rings is 1. The minimum absolute atomic E-state index is 0.107. The maximum absolute atomic E-state index is 12.2. The summed E-state index contributed by atoms with van der Waals surface area (Å²) in [5.41, 5.74) is 1.61. The number of hydrogen-bond donors (Lipinski definition) is 1. The largest absolute Gasteiger partial charge is 0.325 e. The Balaban J connectivity index is 1.70. The van der Waals surface area contributed by atoms with E-state index >= 15 is 0 Å². The lowest BCUT2D eigenvalue weighted by molar-refractivity contribution is -0.113. The quantitative estimate of drug-likeness (QED) is 0.453. The lowest BCUT2D eigenvalue weighted by atomic mass is 10.3. The molecule has 1 aromatic carbocycles. The Labute approximate surface area is 163 Å². The van der Waals surface area contributed by atoms with Crippen LogP contribution in [-0.2, 0) is 11.3 Å². The van der Waals surface area contributed by atoms with Crippen molar-refractivity contribution in [2.24, 2.45) is 0 Å². The van der Waals surface area contributed by atoms with Crippen LogP contribution in [-0.4, -0.2) is 31.4 Å². The van der Waals surface area contributed by atoms with E-state index in [0.29, 0.717) is 17.5 Å². The van der Waals surface area contributed by atoms with Crippen LogP contribution in [0.5, 0.6) is 0 Å². The fraction of sp³-hybridized carbons (Fsp3) is 0.111. The Morgan fingerprint density at radius 1 is 1.31 bits per heavy atom.